The first-order valence-electron chi connectivity index (χ1n) is 4.91. The normalized spacial score (nSPS) is 11.4. The van der Waals surface area contributed by atoms with Crippen LogP contribution in [-0.2, 0) is 10.0 Å². The van der Waals surface area contributed by atoms with Crippen LogP contribution in [0.1, 0.15) is 5.69 Å². The molecular weight excluding hydrogens is 261 g/mol. The van der Waals surface area contributed by atoms with Crippen LogP contribution in [0.5, 0.6) is 5.75 Å². The van der Waals surface area contributed by atoms with E-state index in [9.17, 15) is 17.9 Å². The molecule has 0 saturated heterocycles. The van der Waals surface area contributed by atoms with Gasteiger partial charge in [0.15, 0.2) is 0 Å². The average molecular weight is 271 g/mol. The third-order valence-corrected chi connectivity index (χ3v) is 3.76. The molecule has 0 aliphatic carbocycles. The first kappa shape index (κ1) is 12.4. The SMILES string of the molecule is Cc1[nH]ncc1S(=O)(=O)Nc1ccc(F)cc1O. The summed E-state index contributed by atoms with van der Waals surface area (Å²) in [6.07, 6.45) is 1.15. The largest absolute Gasteiger partial charge is 0.506 e. The number of aromatic nitrogens is 2. The Kier molecular flexibility index (Phi) is 2.95. The molecule has 2 rings (SSSR count). The maximum absolute atomic E-state index is 12.8. The number of H-pyrrole nitrogens is 1. The fourth-order valence-corrected chi connectivity index (χ4v) is 2.61. The molecule has 0 radical (unpaired) electrons. The molecule has 0 fully saturated rings. The molecule has 1 heterocycles. The van der Waals surface area contributed by atoms with Gasteiger partial charge in [-0.3, -0.25) is 9.82 Å². The van der Waals surface area contributed by atoms with Crippen molar-refractivity contribution in [3.05, 3.63) is 35.9 Å². The van der Waals surface area contributed by atoms with Crippen LogP contribution in [0.3, 0.4) is 0 Å². The molecule has 0 unspecified atom stereocenters. The lowest BCUT2D eigenvalue weighted by Crippen LogP contribution is -2.13. The first-order chi connectivity index (χ1) is 8.40. The molecule has 2 aromatic rings. The highest BCUT2D eigenvalue weighted by molar-refractivity contribution is 7.92. The average Bonchev–Trinajstić information content (AvgIpc) is 2.69. The van der Waals surface area contributed by atoms with Crippen molar-refractivity contribution < 1.29 is 17.9 Å². The molecule has 1 aromatic carbocycles. The molecule has 3 N–H and O–H groups in total. The van der Waals surface area contributed by atoms with E-state index in [1.807, 2.05) is 0 Å². The summed E-state index contributed by atoms with van der Waals surface area (Å²) >= 11 is 0. The van der Waals surface area contributed by atoms with Crippen LogP contribution < -0.4 is 4.72 Å². The van der Waals surface area contributed by atoms with E-state index in [2.05, 4.69) is 14.9 Å². The van der Waals surface area contributed by atoms with Gasteiger partial charge >= 0.3 is 0 Å². The van der Waals surface area contributed by atoms with Crippen molar-refractivity contribution in [1.82, 2.24) is 10.2 Å². The fourth-order valence-electron chi connectivity index (χ4n) is 1.40. The molecule has 1 aromatic heterocycles. The second-order valence-corrected chi connectivity index (χ2v) is 5.28. The van der Waals surface area contributed by atoms with Crippen molar-refractivity contribution >= 4 is 15.7 Å². The number of aromatic amines is 1. The number of aryl methyl sites for hydroxylation is 1. The molecule has 8 heteroatoms. The highest BCUT2D eigenvalue weighted by Crippen LogP contribution is 2.26. The van der Waals surface area contributed by atoms with Crippen LogP contribution in [-0.4, -0.2) is 23.7 Å². The zero-order chi connectivity index (χ0) is 13.3. The second kappa shape index (κ2) is 4.30. The van der Waals surface area contributed by atoms with Gasteiger partial charge in [-0.15, -0.1) is 0 Å². The number of benzene rings is 1. The monoisotopic (exact) mass is 271 g/mol. The Morgan fingerprint density at radius 3 is 2.72 bits per heavy atom. The summed E-state index contributed by atoms with van der Waals surface area (Å²) in [5.74, 6) is -1.14. The van der Waals surface area contributed by atoms with Gasteiger partial charge in [0.1, 0.15) is 16.5 Å². The Balaban J connectivity index is 2.37. The minimum atomic E-state index is -3.86. The molecule has 0 saturated carbocycles. The van der Waals surface area contributed by atoms with Crippen LogP contribution in [0.4, 0.5) is 10.1 Å². The lowest BCUT2D eigenvalue weighted by molar-refractivity contribution is 0.471. The number of nitrogens with zero attached hydrogens (tertiary/aromatic N) is 1. The van der Waals surface area contributed by atoms with Crippen molar-refractivity contribution in [2.75, 3.05) is 4.72 Å². The predicted octanol–water partition coefficient (Wildman–Crippen LogP) is 1.36. The van der Waals surface area contributed by atoms with Gasteiger partial charge in [0.05, 0.1) is 17.6 Å². The number of halogens is 1. The molecule has 96 valence electrons. The number of nitrogens with one attached hydrogen (secondary N) is 2. The summed E-state index contributed by atoms with van der Waals surface area (Å²) in [4.78, 5) is -0.0359. The molecule has 0 spiro atoms. The van der Waals surface area contributed by atoms with Gasteiger partial charge in [0, 0.05) is 6.07 Å². The highest BCUT2D eigenvalue weighted by Gasteiger charge is 2.20. The number of aromatic hydroxyl groups is 1. The topological polar surface area (TPSA) is 95.1 Å². The van der Waals surface area contributed by atoms with Crippen LogP contribution >= 0.6 is 0 Å². The summed E-state index contributed by atoms with van der Waals surface area (Å²) in [5.41, 5.74) is 0.265. The van der Waals surface area contributed by atoms with Gasteiger partial charge in [0.25, 0.3) is 10.0 Å². The molecule has 0 aliphatic rings. The van der Waals surface area contributed by atoms with Crippen molar-refractivity contribution in [1.29, 1.82) is 0 Å². The number of anilines is 1. The quantitative estimate of drug-likeness (QED) is 0.734. The lowest BCUT2D eigenvalue weighted by Gasteiger charge is -2.08. The number of hydrogen-bond donors (Lipinski definition) is 3. The minimum absolute atomic E-state index is 0.0359. The summed E-state index contributed by atoms with van der Waals surface area (Å²) in [6.45, 7) is 1.55. The van der Waals surface area contributed by atoms with E-state index in [1.165, 1.54) is 0 Å². The van der Waals surface area contributed by atoms with Crippen molar-refractivity contribution in [2.24, 2.45) is 0 Å². The molecule has 0 atom stereocenters. The number of rotatable bonds is 3. The smallest absolute Gasteiger partial charge is 0.265 e. The molecule has 0 aliphatic heterocycles. The van der Waals surface area contributed by atoms with E-state index in [0.717, 1.165) is 24.4 Å². The Hall–Kier alpha value is -2.09. The van der Waals surface area contributed by atoms with E-state index < -0.39 is 21.6 Å². The fraction of sp³-hybridized carbons (Fsp3) is 0.100. The maximum Gasteiger partial charge on any atom is 0.265 e. The molecule has 0 amide bonds. The van der Waals surface area contributed by atoms with E-state index in [4.69, 9.17) is 0 Å². The molecule has 0 bridgehead atoms. The number of sulfonamides is 1. The van der Waals surface area contributed by atoms with E-state index in [1.54, 1.807) is 6.92 Å². The van der Waals surface area contributed by atoms with Gasteiger partial charge in [-0.05, 0) is 19.1 Å². The number of phenolic OH excluding ortho intramolecular Hbond substituents is 1. The van der Waals surface area contributed by atoms with Gasteiger partial charge in [0.2, 0.25) is 0 Å². The van der Waals surface area contributed by atoms with Gasteiger partial charge < -0.3 is 5.11 Å². The standard InChI is InChI=1S/C10H10FN3O3S/c1-6-10(5-12-13-6)18(16,17)14-8-3-2-7(11)4-9(8)15/h2-5,14-15H,1H3,(H,12,13). The van der Waals surface area contributed by atoms with Crippen LogP contribution in [0.15, 0.2) is 29.3 Å². The zero-order valence-electron chi connectivity index (χ0n) is 9.31. The van der Waals surface area contributed by atoms with Crippen LogP contribution in [0.2, 0.25) is 0 Å². The van der Waals surface area contributed by atoms with Crippen LogP contribution in [0.25, 0.3) is 0 Å². The number of phenols is 1. The minimum Gasteiger partial charge on any atom is -0.506 e. The zero-order valence-corrected chi connectivity index (χ0v) is 10.1. The van der Waals surface area contributed by atoms with Crippen molar-refractivity contribution in [3.8, 4) is 5.75 Å². The number of hydrogen-bond acceptors (Lipinski definition) is 4. The van der Waals surface area contributed by atoms with E-state index >= 15 is 0 Å². The van der Waals surface area contributed by atoms with Gasteiger partial charge in [-0.1, -0.05) is 0 Å². The summed E-state index contributed by atoms with van der Waals surface area (Å²) in [7, 11) is -3.86. The Bertz CT molecular complexity index is 681. The highest BCUT2D eigenvalue weighted by atomic mass is 32.2. The third kappa shape index (κ3) is 2.28. The predicted molar refractivity (Wildman–Crippen MR) is 62.2 cm³/mol. The summed E-state index contributed by atoms with van der Waals surface area (Å²) in [6, 6.07) is 3.00. The maximum atomic E-state index is 12.8. The third-order valence-electron chi connectivity index (χ3n) is 2.28. The van der Waals surface area contributed by atoms with Crippen molar-refractivity contribution in [2.45, 2.75) is 11.8 Å². The van der Waals surface area contributed by atoms with Crippen LogP contribution in [0, 0.1) is 12.7 Å². The Labute approximate surface area is 103 Å². The van der Waals surface area contributed by atoms with E-state index in [-0.39, 0.29) is 10.6 Å². The first-order valence-corrected chi connectivity index (χ1v) is 6.40. The molecule has 6 nitrogen and oxygen atoms in total. The lowest BCUT2D eigenvalue weighted by atomic mass is 10.3. The summed E-state index contributed by atoms with van der Waals surface area (Å²) in [5, 5.41) is 15.5. The van der Waals surface area contributed by atoms with Crippen molar-refractivity contribution in [3.63, 3.8) is 0 Å². The van der Waals surface area contributed by atoms with Gasteiger partial charge in [-0.25, -0.2) is 12.8 Å². The summed E-state index contributed by atoms with van der Waals surface area (Å²) < 4.78 is 38.8. The molecular formula is C10H10FN3O3S. The van der Waals surface area contributed by atoms with E-state index in [0.29, 0.717) is 5.69 Å². The Morgan fingerprint density at radius 1 is 1.44 bits per heavy atom. The Morgan fingerprint density at radius 2 is 2.17 bits per heavy atom. The van der Waals surface area contributed by atoms with Gasteiger partial charge in [-0.2, -0.15) is 5.10 Å². The second-order valence-electron chi connectivity index (χ2n) is 3.63. The molecule has 18 heavy (non-hydrogen) atoms.